The second-order valence-electron chi connectivity index (χ2n) is 3.65. The fourth-order valence-electron chi connectivity index (χ4n) is 1.76. The molecule has 0 aliphatic carbocycles. The highest BCUT2D eigenvalue weighted by Gasteiger charge is 2.07. The summed E-state index contributed by atoms with van der Waals surface area (Å²) < 4.78 is 0. The molecule has 0 aliphatic heterocycles. The third kappa shape index (κ3) is 1.89. The van der Waals surface area contributed by atoms with Gasteiger partial charge in [0, 0.05) is 10.5 Å². The summed E-state index contributed by atoms with van der Waals surface area (Å²) in [5.41, 5.74) is 3.84. The van der Waals surface area contributed by atoms with Gasteiger partial charge in [-0.05, 0) is 29.7 Å². The van der Waals surface area contributed by atoms with Crippen molar-refractivity contribution in [2.45, 2.75) is 11.8 Å². The van der Waals surface area contributed by atoms with Crippen LogP contribution in [0.4, 0.5) is 0 Å². The second-order valence-corrected chi connectivity index (χ2v) is 4.14. The van der Waals surface area contributed by atoms with Crippen molar-refractivity contribution in [2.75, 3.05) is 0 Å². The molecular weight excluding hydrogens is 216 g/mol. The molecular formula is C14H12OS. The summed E-state index contributed by atoms with van der Waals surface area (Å²) in [6.07, 6.45) is 0.889. The first-order valence-corrected chi connectivity index (χ1v) is 5.52. The molecule has 80 valence electrons. The Morgan fingerprint density at radius 2 is 1.69 bits per heavy atom. The molecule has 1 nitrogen and oxygen atoms in total. The van der Waals surface area contributed by atoms with Crippen molar-refractivity contribution < 1.29 is 4.79 Å². The zero-order valence-electron chi connectivity index (χ0n) is 8.97. The molecule has 2 aromatic carbocycles. The third-order valence-corrected chi connectivity index (χ3v) is 3.17. The Kier molecular flexibility index (Phi) is 3.11. The van der Waals surface area contributed by atoms with Crippen LogP contribution >= 0.6 is 12.6 Å². The van der Waals surface area contributed by atoms with E-state index < -0.39 is 0 Å². The van der Waals surface area contributed by atoms with E-state index in [0.29, 0.717) is 5.56 Å². The van der Waals surface area contributed by atoms with Crippen LogP contribution in [0.3, 0.4) is 0 Å². The van der Waals surface area contributed by atoms with Gasteiger partial charge in [-0.2, -0.15) is 0 Å². The molecule has 0 bridgehead atoms. The van der Waals surface area contributed by atoms with Crippen LogP contribution in [-0.4, -0.2) is 6.29 Å². The Morgan fingerprint density at radius 3 is 2.44 bits per heavy atom. The van der Waals surface area contributed by atoms with E-state index in [1.54, 1.807) is 0 Å². The van der Waals surface area contributed by atoms with Crippen LogP contribution in [0, 0.1) is 6.92 Å². The molecule has 0 amide bonds. The molecule has 2 heteroatoms. The van der Waals surface area contributed by atoms with Crippen molar-refractivity contribution in [2.24, 2.45) is 0 Å². The lowest BCUT2D eigenvalue weighted by atomic mass is 9.97. The van der Waals surface area contributed by atoms with Gasteiger partial charge < -0.3 is 0 Å². The summed E-state index contributed by atoms with van der Waals surface area (Å²) in [6, 6.07) is 13.5. The predicted octanol–water partition coefficient (Wildman–Crippen LogP) is 3.76. The standard InChI is InChI=1S/C14H12OS/c1-10-12(7-4-8-14(10)16)13-6-3-2-5-11(13)9-15/h2-9,16H,1H3. The molecule has 0 saturated carbocycles. The van der Waals surface area contributed by atoms with Gasteiger partial charge in [-0.25, -0.2) is 0 Å². The molecule has 0 saturated heterocycles. The van der Waals surface area contributed by atoms with E-state index in [2.05, 4.69) is 12.6 Å². The molecule has 0 unspecified atom stereocenters. The van der Waals surface area contributed by atoms with Crippen molar-refractivity contribution in [1.82, 2.24) is 0 Å². The molecule has 2 aromatic rings. The van der Waals surface area contributed by atoms with E-state index in [9.17, 15) is 4.79 Å². The highest BCUT2D eigenvalue weighted by Crippen LogP contribution is 2.29. The fourth-order valence-corrected chi connectivity index (χ4v) is 1.97. The van der Waals surface area contributed by atoms with Crippen LogP contribution < -0.4 is 0 Å². The number of rotatable bonds is 2. The number of hydrogen-bond donors (Lipinski definition) is 1. The van der Waals surface area contributed by atoms with Crippen LogP contribution in [0.5, 0.6) is 0 Å². The number of aldehydes is 1. The summed E-state index contributed by atoms with van der Waals surface area (Å²) in [7, 11) is 0. The molecule has 0 aromatic heterocycles. The van der Waals surface area contributed by atoms with E-state index in [0.717, 1.165) is 27.9 Å². The van der Waals surface area contributed by atoms with E-state index >= 15 is 0 Å². The van der Waals surface area contributed by atoms with Gasteiger partial charge in [-0.3, -0.25) is 4.79 Å². The quantitative estimate of drug-likeness (QED) is 0.611. The maximum atomic E-state index is 11.0. The number of thiol groups is 1. The first-order valence-electron chi connectivity index (χ1n) is 5.07. The van der Waals surface area contributed by atoms with Gasteiger partial charge in [-0.1, -0.05) is 36.4 Å². The Hall–Kier alpha value is -1.54. The second kappa shape index (κ2) is 4.54. The first kappa shape index (κ1) is 11.0. The van der Waals surface area contributed by atoms with Crippen molar-refractivity contribution in [3.05, 3.63) is 53.6 Å². The van der Waals surface area contributed by atoms with E-state index in [-0.39, 0.29) is 0 Å². The lowest BCUT2D eigenvalue weighted by molar-refractivity contribution is 0.112. The van der Waals surface area contributed by atoms with Crippen molar-refractivity contribution in [3.8, 4) is 11.1 Å². The van der Waals surface area contributed by atoms with Gasteiger partial charge in [0.2, 0.25) is 0 Å². The minimum atomic E-state index is 0.713. The summed E-state index contributed by atoms with van der Waals surface area (Å²) >= 11 is 4.39. The Balaban J connectivity index is 2.67. The molecule has 0 N–H and O–H groups in total. The molecule has 0 aliphatic rings. The highest BCUT2D eigenvalue weighted by molar-refractivity contribution is 7.80. The smallest absolute Gasteiger partial charge is 0.150 e. The van der Waals surface area contributed by atoms with Crippen LogP contribution in [0.2, 0.25) is 0 Å². The van der Waals surface area contributed by atoms with Crippen molar-refractivity contribution in [3.63, 3.8) is 0 Å². The van der Waals surface area contributed by atoms with Crippen molar-refractivity contribution >= 4 is 18.9 Å². The van der Waals surface area contributed by atoms with Crippen LogP contribution in [0.25, 0.3) is 11.1 Å². The number of carbonyl (C=O) groups is 1. The molecule has 0 fully saturated rings. The Bertz CT molecular complexity index is 532. The molecule has 2 rings (SSSR count). The van der Waals surface area contributed by atoms with Gasteiger partial charge >= 0.3 is 0 Å². The van der Waals surface area contributed by atoms with Gasteiger partial charge in [0.15, 0.2) is 6.29 Å². The van der Waals surface area contributed by atoms with E-state index in [4.69, 9.17) is 0 Å². The number of carbonyl (C=O) groups excluding carboxylic acids is 1. The van der Waals surface area contributed by atoms with Crippen LogP contribution in [0.15, 0.2) is 47.4 Å². The maximum absolute atomic E-state index is 11.0. The first-order chi connectivity index (χ1) is 7.74. The van der Waals surface area contributed by atoms with Gasteiger partial charge in [0.05, 0.1) is 0 Å². The maximum Gasteiger partial charge on any atom is 0.150 e. The Morgan fingerprint density at radius 1 is 1.00 bits per heavy atom. The fraction of sp³-hybridized carbons (Fsp3) is 0.0714. The molecule has 0 heterocycles. The van der Waals surface area contributed by atoms with Gasteiger partial charge in [0.1, 0.15) is 0 Å². The van der Waals surface area contributed by atoms with Crippen molar-refractivity contribution in [1.29, 1.82) is 0 Å². The van der Waals surface area contributed by atoms with Crippen LogP contribution in [0.1, 0.15) is 15.9 Å². The van der Waals surface area contributed by atoms with Crippen LogP contribution in [-0.2, 0) is 0 Å². The zero-order chi connectivity index (χ0) is 11.5. The zero-order valence-corrected chi connectivity index (χ0v) is 9.87. The topological polar surface area (TPSA) is 17.1 Å². The average Bonchev–Trinajstić information content (AvgIpc) is 2.33. The average molecular weight is 228 g/mol. The third-order valence-electron chi connectivity index (χ3n) is 2.68. The SMILES string of the molecule is Cc1c(S)cccc1-c1ccccc1C=O. The highest BCUT2D eigenvalue weighted by atomic mass is 32.1. The largest absolute Gasteiger partial charge is 0.298 e. The summed E-state index contributed by atoms with van der Waals surface area (Å²) in [5.74, 6) is 0. The lowest BCUT2D eigenvalue weighted by Gasteiger charge is -2.09. The van der Waals surface area contributed by atoms with Gasteiger partial charge in [-0.15, -0.1) is 12.6 Å². The minimum Gasteiger partial charge on any atom is -0.298 e. The Labute approximate surface area is 101 Å². The predicted molar refractivity (Wildman–Crippen MR) is 69.3 cm³/mol. The number of hydrogen-bond acceptors (Lipinski definition) is 2. The normalized spacial score (nSPS) is 10.1. The lowest BCUT2D eigenvalue weighted by Crippen LogP contribution is -1.90. The molecule has 16 heavy (non-hydrogen) atoms. The van der Waals surface area contributed by atoms with E-state index in [1.165, 1.54) is 0 Å². The summed E-state index contributed by atoms with van der Waals surface area (Å²) in [4.78, 5) is 11.9. The monoisotopic (exact) mass is 228 g/mol. The minimum absolute atomic E-state index is 0.713. The molecule has 0 radical (unpaired) electrons. The molecule has 0 spiro atoms. The number of benzene rings is 2. The van der Waals surface area contributed by atoms with E-state index in [1.807, 2.05) is 49.4 Å². The molecule has 0 atom stereocenters. The summed E-state index contributed by atoms with van der Waals surface area (Å²) in [6.45, 7) is 2.01. The summed E-state index contributed by atoms with van der Waals surface area (Å²) in [5, 5.41) is 0. The van der Waals surface area contributed by atoms with Gasteiger partial charge in [0.25, 0.3) is 0 Å².